The molecule has 0 radical (unpaired) electrons. The topological polar surface area (TPSA) is 57.6 Å². The van der Waals surface area contributed by atoms with Crippen molar-refractivity contribution in [2.45, 2.75) is 25.2 Å². The predicted molar refractivity (Wildman–Crippen MR) is 71.7 cm³/mol. The maximum atomic E-state index is 13.7. The number of halogens is 2. The van der Waals surface area contributed by atoms with Crippen molar-refractivity contribution in [3.8, 4) is 0 Å². The van der Waals surface area contributed by atoms with E-state index in [0.29, 0.717) is 19.4 Å². The van der Waals surface area contributed by atoms with Crippen LogP contribution in [0.15, 0.2) is 18.2 Å². The zero-order valence-electron chi connectivity index (χ0n) is 11.7. The van der Waals surface area contributed by atoms with Crippen molar-refractivity contribution in [2.24, 2.45) is 5.92 Å². The third-order valence-electron chi connectivity index (χ3n) is 3.75. The Morgan fingerprint density at radius 2 is 2.10 bits per heavy atom. The summed E-state index contributed by atoms with van der Waals surface area (Å²) in [6.45, 7) is 0.347. The zero-order chi connectivity index (χ0) is 15.6. The number of carbonyl (C=O) groups is 2. The normalized spacial score (nSPS) is 20.1. The lowest BCUT2D eigenvalue weighted by atomic mass is 10.1. The Morgan fingerprint density at radius 3 is 2.76 bits per heavy atom. The number of nitrogens with zero attached hydrogens (tertiary/aromatic N) is 1. The number of hydrogen-bond acceptors (Lipinski definition) is 2. The summed E-state index contributed by atoms with van der Waals surface area (Å²) in [5, 5.41) is 8.55. The van der Waals surface area contributed by atoms with Crippen molar-refractivity contribution in [3.05, 3.63) is 35.4 Å². The SMILES string of the molecule is CN(CCCC(=O)O)C(=O)C1CC1c1cccc(F)c1F. The second-order valence-electron chi connectivity index (χ2n) is 5.35. The van der Waals surface area contributed by atoms with Gasteiger partial charge in [-0.2, -0.15) is 0 Å². The Labute approximate surface area is 121 Å². The molecule has 1 aromatic carbocycles. The fourth-order valence-electron chi connectivity index (χ4n) is 2.48. The fourth-order valence-corrected chi connectivity index (χ4v) is 2.48. The molecule has 1 saturated carbocycles. The van der Waals surface area contributed by atoms with Crippen LogP contribution >= 0.6 is 0 Å². The van der Waals surface area contributed by atoms with Gasteiger partial charge in [-0.05, 0) is 30.4 Å². The molecule has 2 unspecified atom stereocenters. The zero-order valence-corrected chi connectivity index (χ0v) is 11.7. The molecule has 0 saturated heterocycles. The molecule has 1 aliphatic carbocycles. The molecule has 4 nitrogen and oxygen atoms in total. The number of benzene rings is 1. The van der Waals surface area contributed by atoms with E-state index in [-0.39, 0.29) is 29.7 Å². The molecular weight excluding hydrogens is 280 g/mol. The fraction of sp³-hybridized carbons (Fsp3) is 0.467. The van der Waals surface area contributed by atoms with Crippen LogP contribution in [0.4, 0.5) is 8.78 Å². The smallest absolute Gasteiger partial charge is 0.303 e. The molecule has 1 fully saturated rings. The van der Waals surface area contributed by atoms with E-state index in [1.807, 2.05) is 0 Å². The van der Waals surface area contributed by atoms with Gasteiger partial charge in [0.25, 0.3) is 0 Å². The van der Waals surface area contributed by atoms with E-state index in [1.165, 1.54) is 17.0 Å². The van der Waals surface area contributed by atoms with Gasteiger partial charge in [-0.1, -0.05) is 12.1 Å². The van der Waals surface area contributed by atoms with Gasteiger partial charge < -0.3 is 10.0 Å². The Morgan fingerprint density at radius 1 is 1.38 bits per heavy atom. The highest BCUT2D eigenvalue weighted by Gasteiger charge is 2.46. The van der Waals surface area contributed by atoms with Crippen molar-refractivity contribution in [1.82, 2.24) is 4.90 Å². The maximum absolute atomic E-state index is 13.7. The van der Waals surface area contributed by atoms with Gasteiger partial charge >= 0.3 is 5.97 Å². The molecular formula is C15H17F2NO3. The number of carbonyl (C=O) groups excluding carboxylic acids is 1. The molecule has 21 heavy (non-hydrogen) atoms. The van der Waals surface area contributed by atoms with Gasteiger partial charge in [0.2, 0.25) is 5.91 Å². The highest BCUT2D eigenvalue weighted by Crippen LogP contribution is 2.49. The van der Waals surface area contributed by atoms with Gasteiger partial charge in [0.1, 0.15) is 0 Å². The first-order valence-corrected chi connectivity index (χ1v) is 6.82. The minimum Gasteiger partial charge on any atom is -0.481 e. The monoisotopic (exact) mass is 297 g/mol. The number of amides is 1. The third kappa shape index (κ3) is 3.56. The van der Waals surface area contributed by atoms with Crippen LogP contribution in [0.25, 0.3) is 0 Å². The summed E-state index contributed by atoms with van der Waals surface area (Å²) in [5.41, 5.74) is 0.243. The first-order valence-electron chi connectivity index (χ1n) is 6.82. The Balaban J connectivity index is 1.91. The summed E-state index contributed by atoms with van der Waals surface area (Å²) in [6.07, 6.45) is 0.885. The molecule has 0 aliphatic heterocycles. The highest BCUT2D eigenvalue weighted by atomic mass is 19.2. The Kier molecular flexibility index (Phi) is 4.55. The molecule has 1 amide bonds. The second kappa shape index (κ2) is 6.20. The Bertz CT molecular complexity index is 562. The summed E-state index contributed by atoms with van der Waals surface area (Å²) in [7, 11) is 1.60. The van der Waals surface area contributed by atoms with Crippen LogP contribution in [0.1, 0.15) is 30.7 Å². The lowest BCUT2D eigenvalue weighted by Crippen LogP contribution is -2.29. The molecule has 0 bridgehead atoms. The predicted octanol–water partition coefficient (Wildman–Crippen LogP) is 2.39. The number of rotatable bonds is 6. The van der Waals surface area contributed by atoms with Crippen molar-refractivity contribution < 1.29 is 23.5 Å². The van der Waals surface area contributed by atoms with Crippen LogP contribution in [0.3, 0.4) is 0 Å². The van der Waals surface area contributed by atoms with E-state index >= 15 is 0 Å². The largest absolute Gasteiger partial charge is 0.481 e. The molecule has 1 N–H and O–H groups in total. The lowest BCUT2D eigenvalue weighted by molar-refractivity contribution is -0.138. The van der Waals surface area contributed by atoms with Crippen LogP contribution in [0.2, 0.25) is 0 Å². The first kappa shape index (κ1) is 15.4. The molecule has 2 atom stereocenters. The summed E-state index contributed by atoms with van der Waals surface area (Å²) < 4.78 is 26.8. The standard InChI is InChI=1S/C15H17F2NO3/c1-18(7-3-6-13(19)20)15(21)11-8-10(11)9-4-2-5-12(16)14(9)17/h2,4-5,10-11H,3,6-8H2,1H3,(H,19,20). The summed E-state index contributed by atoms with van der Waals surface area (Å²) in [4.78, 5) is 24.0. The van der Waals surface area contributed by atoms with E-state index in [4.69, 9.17) is 5.11 Å². The van der Waals surface area contributed by atoms with Gasteiger partial charge in [-0.15, -0.1) is 0 Å². The summed E-state index contributed by atoms with van der Waals surface area (Å²) in [5.74, 6) is -3.45. The van der Waals surface area contributed by atoms with Gasteiger partial charge in [0.15, 0.2) is 11.6 Å². The maximum Gasteiger partial charge on any atom is 0.303 e. The average molecular weight is 297 g/mol. The van der Waals surface area contributed by atoms with Crippen molar-refractivity contribution >= 4 is 11.9 Å². The molecule has 0 aromatic heterocycles. The van der Waals surface area contributed by atoms with Crippen LogP contribution in [0, 0.1) is 17.6 Å². The van der Waals surface area contributed by atoms with Gasteiger partial charge in [-0.3, -0.25) is 9.59 Å². The molecule has 6 heteroatoms. The molecule has 0 spiro atoms. The highest BCUT2D eigenvalue weighted by molar-refractivity contribution is 5.82. The number of carboxylic acid groups (broad SMARTS) is 1. The van der Waals surface area contributed by atoms with Gasteiger partial charge in [0, 0.05) is 25.9 Å². The number of hydrogen-bond donors (Lipinski definition) is 1. The molecule has 1 aromatic rings. The molecule has 1 aliphatic rings. The Hall–Kier alpha value is -1.98. The average Bonchev–Trinajstić information content (AvgIpc) is 3.20. The van der Waals surface area contributed by atoms with E-state index in [1.54, 1.807) is 7.05 Å². The molecule has 2 rings (SSSR count). The van der Waals surface area contributed by atoms with Gasteiger partial charge in [0.05, 0.1) is 0 Å². The van der Waals surface area contributed by atoms with Crippen molar-refractivity contribution in [2.75, 3.05) is 13.6 Å². The number of aliphatic carboxylic acids is 1. The lowest BCUT2D eigenvalue weighted by Gasteiger charge is -2.16. The van der Waals surface area contributed by atoms with Gasteiger partial charge in [-0.25, -0.2) is 8.78 Å². The van der Waals surface area contributed by atoms with E-state index in [9.17, 15) is 18.4 Å². The minimum atomic E-state index is -0.902. The molecule has 0 heterocycles. The molecule has 114 valence electrons. The van der Waals surface area contributed by atoms with Crippen molar-refractivity contribution in [1.29, 1.82) is 0 Å². The van der Waals surface area contributed by atoms with Crippen molar-refractivity contribution in [3.63, 3.8) is 0 Å². The third-order valence-corrected chi connectivity index (χ3v) is 3.75. The van der Waals surface area contributed by atoms with Crippen LogP contribution < -0.4 is 0 Å². The van der Waals surface area contributed by atoms with Crippen LogP contribution in [-0.4, -0.2) is 35.5 Å². The number of carboxylic acids is 1. The van der Waals surface area contributed by atoms with E-state index < -0.39 is 17.6 Å². The summed E-state index contributed by atoms with van der Waals surface area (Å²) >= 11 is 0. The summed E-state index contributed by atoms with van der Waals surface area (Å²) in [6, 6.07) is 3.99. The van der Waals surface area contributed by atoms with E-state index in [2.05, 4.69) is 0 Å². The first-order chi connectivity index (χ1) is 9.91. The minimum absolute atomic E-state index is 0.00421. The van der Waals surface area contributed by atoms with Crippen LogP contribution in [0.5, 0.6) is 0 Å². The quantitative estimate of drug-likeness (QED) is 0.877. The second-order valence-corrected chi connectivity index (χ2v) is 5.35. The van der Waals surface area contributed by atoms with Crippen LogP contribution in [-0.2, 0) is 9.59 Å². The van der Waals surface area contributed by atoms with E-state index in [0.717, 1.165) is 6.07 Å².